The summed E-state index contributed by atoms with van der Waals surface area (Å²) in [5, 5.41) is 14.5. The Morgan fingerprint density at radius 3 is 2.14 bits per heavy atom. The Balaban J connectivity index is 2.01. The molecule has 0 radical (unpaired) electrons. The molecule has 0 saturated heterocycles. The number of hydrogen-bond acceptors (Lipinski definition) is 3. The lowest BCUT2D eigenvalue weighted by atomic mass is 9.86. The predicted octanol–water partition coefficient (Wildman–Crippen LogP) is 5.10. The Morgan fingerprint density at radius 2 is 1.52 bits per heavy atom. The van der Waals surface area contributed by atoms with Crippen LogP contribution in [-0.4, -0.2) is 20.9 Å². The van der Waals surface area contributed by atoms with Crippen LogP contribution in [0.4, 0.5) is 5.69 Å². The van der Waals surface area contributed by atoms with Gasteiger partial charge in [-0.2, -0.15) is 5.10 Å². The molecule has 0 aliphatic heterocycles. The van der Waals surface area contributed by atoms with Crippen molar-refractivity contribution in [3.05, 3.63) is 89.6 Å². The van der Waals surface area contributed by atoms with Crippen molar-refractivity contribution in [2.24, 2.45) is 0 Å². The highest BCUT2D eigenvalue weighted by molar-refractivity contribution is 6.02. The van der Waals surface area contributed by atoms with Gasteiger partial charge in [-0.25, -0.2) is 9.48 Å². The summed E-state index contributed by atoms with van der Waals surface area (Å²) in [6.45, 7) is 3.58. The Labute approximate surface area is 169 Å². The highest BCUT2D eigenvalue weighted by Crippen LogP contribution is 2.42. The molecular formula is C24H21N3O2. The number of aromatic carboxylic acids is 1. The summed E-state index contributed by atoms with van der Waals surface area (Å²) in [7, 11) is 0. The zero-order valence-electron chi connectivity index (χ0n) is 16.3. The van der Waals surface area contributed by atoms with Crippen molar-refractivity contribution in [3.8, 4) is 28.1 Å². The smallest absolute Gasteiger partial charge is 0.336 e. The van der Waals surface area contributed by atoms with E-state index in [1.54, 1.807) is 11.6 Å². The SMILES string of the molecule is Cc1c(N)c(-c2ccn(-c3ccccc3)n2)c(-c2ccccc2)c(C)c1C(=O)O. The summed E-state index contributed by atoms with van der Waals surface area (Å²) in [5.41, 5.74) is 12.5. The van der Waals surface area contributed by atoms with Crippen LogP contribution in [0.3, 0.4) is 0 Å². The summed E-state index contributed by atoms with van der Waals surface area (Å²) in [4.78, 5) is 11.9. The van der Waals surface area contributed by atoms with Crippen molar-refractivity contribution in [1.29, 1.82) is 0 Å². The van der Waals surface area contributed by atoms with Crippen LogP contribution in [0.1, 0.15) is 21.5 Å². The van der Waals surface area contributed by atoms with Gasteiger partial charge in [0.15, 0.2) is 0 Å². The number of carboxylic acid groups (broad SMARTS) is 1. The predicted molar refractivity (Wildman–Crippen MR) is 115 cm³/mol. The number of para-hydroxylation sites is 1. The summed E-state index contributed by atoms with van der Waals surface area (Å²) < 4.78 is 1.79. The Kier molecular flexibility index (Phi) is 4.64. The maximum atomic E-state index is 11.9. The van der Waals surface area contributed by atoms with Gasteiger partial charge in [0.05, 0.1) is 16.9 Å². The first kappa shape index (κ1) is 18.5. The molecule has 0 aliphatic carbocycles. The van der Waals surface area contributed by atoms with Gasteiger partial charge in [0.25, 0.3) is 0 Å². The highest BCUT2D eigenvalue weighted by atomic mass is 16.4. The first-order valence-corrected chi connectivity index (χ1v) is 9.32. The van der Waals surface area contributed by atoms with Gasteiger partial charge < -0.3 is 10.8 Å². The normalized spacial score (nSPS) is 10.8. The Hall–Kier alpha value is -3.86. The van der Waals surface area contributed by atoms with Crippen LogP contribution in [-0.2, 0) is 0 Å². The van der Waals surface area contributed by atoms with Crippen LogP contribution in [0.25, 0.3) is 28.1 Å². The number of anilines is 1. The van der Waals surface area contributed by atoms with Crippen molar-refractivity contribution >= 4 is 11.7 Å². The van der Waals surface area contributed by atoms with Gasteiger partial charge >= 0.3 is 5.97 Å². The van der Waals surface area contributed by atoms with E-state index in [0.29, 0.717) is 22.5 Å². The maximum Gasteiger partial charge on any atom is 0.336 e. The minimum atomic E-state index is -0.981. The van der Waals surface area contributed by atoms with Gasteiger partial charge in [0.2, 0.25) is 0 Å². The summed E-state index contributed by atoms with van der Waals surface area (Å²) >= 11 is 0. The van der Waals surface area contributed by atoms with Gasteiger partial charge in [-0.3, -0.25) is 0 Å². The molecule has 1 heterocycles. The van der Waals surface area contributed by atoms with Gasteiger partial charge in [-0.05, 0) is 54.3 Å². The summed E-state index contributed by atoms with van der Waals surface area (Å²) in [6.07, 6.45) is 1.88. The fourth-order valence-electron chi connectivity index (χ4n) is 3.78. The second-order valence-corrected chi connectivity index (χ2v) is 6.94. The monoisotopic (exact) mass is 383 g/mol. The number of rotatable bonds is 4. The van der Waals surface area contributed by atoms with E-state index < -0.39 is 5.97 Å². The molecule has 0 saturated carbocycles. The Morgan fingerprint density at radius 1 is 0.897 bits per heavy atom. The lowest BCUT2D eigenvalue weighted by molar-refractivity contribution is 0.0695. The van der Waals surface area contributed by atoms with Gasteiger partial charge in [0.1, 0.15) is 0 Å². The average Bonchev–Trinajstić information content (AvgIpc) is 3.21. The molecule has 29 heavy (non-hydrogen) atoms. The number of benzene rings is 3. The van der Waals surface area contributed by atoms with Gasteiger partial charge in [-0.1, -0.05) is 48.5 Å². The van der Waals surface area contributed by atoms with Gasteiger partial charge in [0, 0.05) is 17.4 Å². The van der Waals surface area contributed by atoms with E-state index in [0.717, 1.165) is 22.4 Å². The molecule has 0 spiro atoms. The van der Waals surface area contributed by atoms with E-state index in [4.69, 9.17) is 10.8 Å². The molecule has 0 amide bonds. The van der Waals surface area contributed by atoms with E-state index in [1.807, 2.05) is 79.9 Å². The van der Waals surface area contributed by atoms with E-state index in [-0.39, 0.29) is 5.56 Å². The highest BCUT2D eigenvalue weighted by Gasteiger charge is 2.24. The first-order chi connectivity index (χ1) is 14.0. The molecule has 0 unspecified atom stereocenters. The quantitative estimate of drug-likeness (QED) is 0.480. The Bertz CT molecular complexity index is 1200. The fraction of sp³-hybridized carbons (Fsp3) is 0.0833. The van der Waals surface area contributed by atoms with Crippen LogP contribution in [0.5, 0.6) is 0 Å². The molecular weight excluding hydrogens is 362 g/mol. The molecule has 4 aromatic rings. The van der Waals surface area contributed by atoms with Gasteiger partial charge in [-0.15, -0.1) is 0 Å². The number of nitrogens with two attached hydrogens (primary N) is 1. The fourth-order valence-corrected chi connectivity index (χ4v) is 3.78. The molecule has 0 fully saturated rings. The second-order valence-electron chi connectivity index (χ2n) is 6.94. The van der Waals surface area contributed by atoms with Crippen molar-refractivity contribution in [2.75, 3.05) is 5.73 Å². The van der Waals surface area contributed by atoms with Crippen molar-refractivity contribution in [2.45, 2.75) is 13.8 Å². The van der Waals surface area contributed by atoms with E-state index in [2.05, 4.69) is 0 Å². The average molecular weight is 383 g/mol. The lowest BCUT2D eigenvalue weighted by Crippen LogP contribution is -2.10. The number of carboxylic acids is 1. The zero-order chi connectivity index (χ0) is 20.5. The zero-order valence-corrected chi connectivity index (χ0v) is 16.3. The number of nitrogen functional groups attached to an aromatic ring is 1. The molecule has 3 aromatic carbocycles. The molecule has 5 heteroatoms. The maximum absolute atomic E-state index is 11.9. The third-order valence-electron chi connectivity index (χ3n) is 5.19. The number of carbonyl (C=O) groups is 1. The topological polar surface area (TPSA) is 81.1 Å². The molecule has 3 N–H and O–H groups in total. The largest absolute Gasteiger partial charge is 0.478 e. The van der Waals surface area contributed by atoms with Crippen molar-refractivity contribution in [3.63, 3.8) is 0 Å². The summed E-state index contributed by atoms with van der Waals surface area (Å²) in [6, 6.07) is 21.4. The van der Waals surface area contributed by atoms with Crippen LogP contribution < -0.4 is 5.73 Å². The molecule has 144 valence electrons. The minimum absolute atomic E-state index is 0.243. The van der Waals surface area contributed by atoms with Crippen LogP contribution in [0, 0.1) is 13.8 Å². The third-order valence-corrected chi connectivity index (χ3v) is 5.19. The van der Waals surface area contributed by atoms with Crippen LogP contribution in [0.15, 0.2) is 72.9 Å². The van der Waals surface area contributed by atoms with Crippen LogP contribution in [0.2, 0.25) is 0 Å². The lowest BCUT2D eigenvalue weighted by Gasteiger charge is -2.19. The molecule has 1 aromatic heterocycles. The molecule has 0 bridgehead atoms. The van der Waals surface area contributed by atoms with E-state index in [1.165, 1.54) is 0 Å². The van der Waals surface area contributed by atoms with Crippen molar-refractivity contribution in [1.82, 2.24) is 9.78 Å². The molecule has 0 atom stereocenters. The van der Waals surface area contributed by atoms with E-state index in [9.17, 15) is 9.90 Å². The summed E-state index contributed by atoms with van der Waals surface area (Å²) in [5.74, 6) is -0.981. The minimum Gasteiger partial charge on any atom is -0.478 e. The molecule has 0 aliphatic rings. The first-order valence-electron chi connectivity index (χ1n) is 9.32. The molecule has 5 nitrogen and oxygen atoms in total. The molecule has 4 rings (SSSR count). The van der Waals surface area contributed by atoms with E-state index >= 15 is 0 Å². The third kappa shape index (κ3) is 3.17. The number of nitrogens with zero attached hydrogens (tertiary/aromatic N) is 2. The van der Waals surface area contributed by atoms with Crippen molar-refractivity contribution < 1.29 is 9.90 Å². The number of aromatic nitrogens is 2. The van der Waals surface area contributed by atoms with Crippen LogP contribution >= 0.6 is 0 Å². The second kappa shape index (κ2) is 7.28. The number of hydrogen-bond donors (Lipinski definition) is 2. The standard InChI is InChI=1S/C24H21N3O2/c1-15-20(24(28)29)16(2)23(25)22(21(15)17-9-5-3-6-10-17)19-13-14-27(26-19)18-11-7-4-8-12-18/h3-14H,25H2,1-2H3,(H,28,29).